The molecule has 50 heavy (non-hydrogen) atoms. The highest BCUT2D eigenvalue weighted by atomic mass is 16.6. The lowest BCUT2D eigenvalue weighted by molar-refractivity contribution is -0.167. The van der Waals surface area contributed by atoms with Gasteiger partial charge in [-0.05, 0) is 25.2 Å². The van der Waals surface area contributed by atoms with Gasteiger partial charge < -0.3 is 14.2 Å². The van der Waals surface area contributed by atoms with Gasteiger partial charge in [0.2, 0.25) is 0 Å². The van der Waals surface area contributed by atoms with Gasteiger partial charge in [0.25, 0.3) is 0 Å². The Morgan fingerprint density at radius 2 is 0.660 bits per heavy atom. The summed E-state index contributed by atoms with van der Waals surface area (Å²) in [5.74, 6) is -0.0441. The topological polar surface area (TPSA) is 78.9 Å². The van der Waals surface area contributed by atoms with Crippen LogP contribution in [0.4, 0.5) is 0 Å². The van der Waals surface area contributed by atoms with E-state index in [0.29, 0.717) is 19.3 Å². The number of unbranched alkanes of at least 4 members (excludes halogenated alkanes) is 26. The molecule has 0 N–H and O–H groups in total. The van der Waals surface area contributed by atoms with Gasteiger partial charge >= 0.3 is 17.9 Å². The van der Waals surface area contributed by atoms with Crippen LogP contribution in [-0.4, -0.2) is 37.2 Å². The maximum Gasteiger partial charge on any atom is 0.306 e. The average Bonchev–Trinajstić information content (AvgIpc) is 3.09. The molecule has 0 aliphatic carbocycles. The van der Waals surface area contributed by atoms with Gasteiger partial charge in [-0.1, -0.05) is 201 Å². The molecule has 0 radical (unpaired) electrons. The third-order valence-corrected chi connectivity index (χ3v) is 9.79. The lowest BCUT2D eigenvalue weighted by Crippen LogP contribution is -2.30. The van der Waals surface area contributed by atoms with Crippen LogP contribution in [0.3, 0.4) is 0 Å². The Bertz CT molecular complexity index is 751. The van der Waals surface area contributed by atoms with Crippen LogP contribution < -0.4 is 0 Å². The monoisotopic (exact) mass is 709 g/mol. The van der Waals surface area contributed by atoms with E-state index < -0.39 is 6.10 Å². The molecule has 1 atom stereocenters. The highest BCUT2D eigenvalue weighted by Gasteiger charge is 2.19. The van der Waals surface area contributed by atoms with Crippen LogP contribution in [0, 0.1) is 5.92 Å². The lowest BCUT2D eigenvalue weighted by atomic mass is 10.0. The quantitative estimate of drug-likeness (QED) is 0.0359. The van der Waals surface area contributed by atoms with Crippen molar-refractivity contribution in [2.75, 3.05) is 13.2 Å². The molecular weight excluding hydrogens is 624 g/mol. The predicted octanol–water partition coefficient (Wildman–Crippen LogP) is 13.6. The summed E-state index contributed by atoms with van der Waals surface area (Å²) in [6.07, 6.45) is 36.9. The molecule has 0 rings (SSSR count). The molecule has 0 bridgehead atoms. The van der Waals surface area contributed by atoms with Crippen LogP contribution >= 0.6 is 0 Å². The van der Waals surface area contributed by atoms with Crippen LogP contribution in [0.1, 0.15) is 240 Å². The Morgan fingerprint density at radius 1 is 0.380 bits per heavy atom. The average molecular weight is 709 g/mol. The highest BCUT2D eigenvalue weighted by Crippen LogP contribution is 2.16. The first-order valence-electron chi connectivity index (χ1n) is 21.9. The molecule has 0 aliphatic rings. The minimum absolute atomic E-state index is 0.0654. The summed E-state index contributed by atoms with van der Waals surface area (Å²) in [6.45, 7) is 8.90. The number of ether oxygens (including phenoxy) is 3. The molecule has 0 aromatic carbocycles. The van der Waals surface area contributed by atoms with E-state index in [1.54, 1.807) is 0 Å². The van der Waals surface area contributed by atoms with Crippen LogP contribution in [0.25, 0.3) is 0 Å². The Labute approximate surface area is 310 Å². The first-order chi connectivity index (χ1) is 24.4. The maximum atomic E-state index is 12.5. The third-order valence-electron chi connectivity index (χ3n) is 9.79. The van der Waals surface area contributed by atoms with Gasteiger partial charge in [-0.25, -0.2) is 0 Å². The van der Waals surface area contributed by atoms with Crippen molar-refractivity contribution in [2.45, 2.75) is 246 Å². The van der Waals surface area contributed by atoms with E-state index in [-0.39, 0.29) is 31.1 Å². The Hall–Kier alpha value is -1.59. The van der Waals surface area contributed by atoms with Gasteiger partial charge in [0.15, 0.2) is 6.10 Å². The Balaban J connectivity index is 4.16. The van der Waals surface area contributed by atoms with Gasteiger partial charge in [0, 0.05) is 19.3 Å². The van der Waals surface area contributed by atoms with E-state index in [4.69, 9.17) is 14.2 Å². The van der Waals surface area contributed by atoms with Crippen molar-refractivity contribution in [2.24, 2.45) is 5.92 Å². The first kappa shape index (κ1) is 48.4. The lowest BCUT2D eigenvalue weighted by Gasteiger charge is -2.18. The molecule has 0 amide bonds. The third kappa shape index (κ3) is 37.7. The van der Waals surface area contributed by atoms with E-state index in [1.807, 2.05) is 0 Å². The van der Waals surface area contributed by atoms with E-state index >= 15 is 0 Å². The van der Waals surface area contributed by atoms with Crippen molar-refractivity contribution >= 4 is 17.9 Å². The van der Waals surface area contributed by atoms with Crippen LogP contribution in [0.5, 0.6) is 0 Å². The molecular formula is C44H84O6. The second kappa shape index (κ2) is 38.6. The summed E-state index contributed by atoms with van der Waals surface area (Å²) in [7, 11) is 0. The number of rotatable bonds is 39. The fourth-order valence-corrected chi connectivity index (χ4v) is 6.45. The SMILES string of the molecule is CCCCCCCCCCCCCCCC(=O)OC[C@@H](COC(=O)CCCCCCCCCCCCCC(C)C)OC(=O)CCCCCCC. The van der Waals surface area contributed by atoms with E-state index in [9.17, 15) is 14.4 Å². The largest absolute Gasteiger partial charge is 0.462 e. The molecule has 6 nitrogen and oxygen atoms in total. The van der Waals surface area contributed by atoms with Gasteiger partial charge in [0.1, 0.15) is 13.2 Å². The van der Waals surface area contributed by atoms with Crippen molar-refractivity contribution in [3.8, 4) is 0 Å². The van der Waals surface area contributed by atoms with E-state index in [2.05, 4.69) is 27.7 Å². The number of hydrogen-bond acceptors (Lipinski definition) is 6. The van der Waals surface area contributed by atoms with Crippen LogP contribution in [0.15, 0.2) is 0 Å². The smallest absolute Gasteiger partial charge is 0.306 e. The molecule has 0 spiro atoms. The molecule has 6 heteroatoms. The zero-order chi connectivity index (χ0) is 36.8. The second-order valence-corrected chi connectivity index (χ2v) is 15.5. The number of carbonyl (C=O) groups is 3. The normalized spacial score (nSPS) is 11.9. The fraction of sp³-hybridized carbons (Fsp3) is 0.932. The Kier molecular flexibility index (Phi) is 37.4. The summed E-state index contributed by atoms with van der Waals surface area (Å²) in [5, 5.41) is 0. The molecule has 0 aromatic heterocycles. The summed E-state index contributed by atoms with van der Waals surface area (Å²) in [5.41, 5.74) is 0. The van der Waals surface area contributed by atoms with Crippen molar-refractivity contribution < 1.29 is 28.6 Å². The minimum Gasteiger partial charge on any atom is -0.462 e. The molecule has 0 fully saturated rings. The van der Waals surface area contributed by atoms with Crippen molar-refractivity contribution in [3.05, 3.63) is 0 Å². The summed E-state index contributed by atoms with van der Waals surface area (Å²) in [6, 6.07) is 0. The van der Waals surface area contributed by atoms with Gasteiger partial charge in [-0.2, -0.15) is 0 Å². The van der Waals surface area contributed by atoms with E-state index in [1.165, 1.54) is 128 Å². The standard InChI is InChI=1S/C44H84O6/c1-5-7-9-11-12-13-14-15-18-21-24-28-31-35-42(45)48-38-41(50-44(47)37-33-26-10-8-6-2)39-49-43(46)36-32-29-25-22-19-16-17-20-23-27-30-34-40(3)4/h40-41H,5-39H2,1-4H3/t41-/m0/s1. The number of hydrogen-bond donors (Lipinski definition) is 0. The molecule has 0 heterocycles. The van der Waals surface area contributed by atoms with Gasteiger partial charge in [-0.15, -0.1) is 0 Å². The summed E-state index contributed by atoms with van der Waals surface area (Å²) < 4.78 is 16.6. The minimum atomic E-state index is -0.757. The first-order valence-corrected chi connectivity index (χ1v) is 21.9. The molecule has 0 aromatic rings. The molecule has 0 saturated carbocycles. The van der Waals surface area contributed by atoms with Crippen LogP contribution in [-0.2, 0) is 28.6 Å². The van der Waals surface area contributed by atoms with Crippen molar-refractivity contribution in [1.29, 1.82) is 0 Å². The maximum absolute atomic E-state index is 12.5. The van der Waals surface area contributed by atoms with Crippen molar-refractivity contribution in [3.63, 3.8) is 0 Å². The van der Waals surface area contributed by atoms with Crippen molar-refractivity contribution in [1.82, 2.24) is 0 Å². The second-order valence-electron chi connectivity index (χ2n) is 15.5. The fourth-order valence-electron chi connectivity index (χ4n) is 6.45. The highest BCUT2D eigenvalue weighted by molar-refractivity contribution is 5.71. The van der Waals surface area contributed by atoms with E-state index in [0.717, 1.165) is 70.1 Å². The summed E-state index contributed by atoms with van der Waals surface area (Å²) >= 11 is 0. The Morgan fingerprint density at radius 3 is 0.980 bits per heavy atom. The zero-order valence-electron chi connectivity index (χ0n) is 33.9. The molecule has 0 unspecified atom stereocenters. The molecule has 296 valence electrons. The summed E-state index contributed by atoms with van der Waals surface area (Å²) in [4.78, 5) is 37.4. The predicted molar refractivity (Wildman–Crippen MR) is 210 cm³/mol. The van der Waals surface area contributed by atoms with Gasteiger partial charge in [0.05, 0.1) is 0 Å². The zero-order valence-corrected chi connectivity index (χ0v) is 33.9. The number of carbonyl (C=O) groups excluding carboxylic acids is 3. The van der Waals surface area contributed by atoms with Gasteiger partial charge in [-0.3, -0.25) is 14.4 Å². The number of esters is 3. The molecule has 0 aliphatic heterocycles. The van der Waals surface area contributed by atoms with Crippen LogP contribution in [0.2, 0.25) is 0 Å². The molecule has 0 saturated heterocycles.